The van der Waals surface area contributed by atoms with Gasteiger partial charge in [-0.15, -0.1) is 0 Å². The first-order chi connectivity index (χ1) is 12.8. The third-order valence-electron chi connectivity index (χ3n) is 3.20. The molecule has 0 unspecified atom stereocenters. The Morgan fingerprint density at radius 1 is 1.11 bits per heavy atom. The van der Waals surface area contributed by atoms with Crippen LogP contribution in [0, 0.1) is 10.1 Å². The number of furan rings is 1. The number of rotatable bonds is 6. The summed E-state index contributed by atoms with van der Waals surface area (Å²) in [7, 11) is 0. The lowest BCUT2D eigenvalue weighted by Gasteiger charge is -2.27. The van der Waals surface area contributed by atoms with Gasteiger partial charge in [0.05, 0.1) is 11.1 Å². The van der Waals surface area contributed by atoms with Crippen molar-refractivity contribution < 1.29 is 40.1 Å². The highest BCUT2D eigenvalue weighted by Gasteiger charge is 2.73. The Labute approximate surface area is 155 Å². The predicted molar refractivity (Wildman–Crippen MR) is 82.5 cm³/mol. The van der Waals surface area contributed by atoms with Crippen molar-refractivity contribution in [3.63, 3.8) is 0 Å². The summed E-state index contributed by atoms with van der Waals surface area (Å²) in [6.45, 7) is 0. The standard InChI is InChI=1S/C14H7ClF7N3O3/c15-9-3-1-7(5-10(9)25(26)27)11-4-2-8(28-11)6-23-24-14(21,22)12(16,17)13(18,19)20/h1-6,24H/b23-6-. The summed E-state index contributed by atoms with van der Waals surface area (Å²) >= 11 is 5.65. The molecule has 2 rings (SSSR count). The lowest BCUT2D eigenvalue weighted by Crippen LogP contribution is -2.58. The third kappa shape index (κ3) is 4.18. The van der Waals surface area contributed by atoms with Crippen molar-refractivity contribution in [1.29, 1.82) is 0 Å². The summed E-state index contributed by atoms with van der Waals surface area (Å²) < 4.78 is 92.5. The lowest BCUT2D eigenvalue weighted by atomic mass is 10.1. The van der Waals surface area contributed by atoms with Gasteiger partial charge >= 0.3 is 18.1 Å². The van der Waals surface area contributed by atoms with E-state index < -0.39 is 28.8 Å². The van der Waals surface area contributed by atoms with Crippen molar-refractivity contribution in [2.45, 2.75) is 18.1 Å². The van der Waals surface area contributed by atoms with Gasteiger partial charge in [-0.3, -0.25) is 10.1 Å². The van der Waals surface area contributed by atoms with Gasteiger partial charge in [-0.1, -0.05) is 11.6 Å². The van der Waals surface area contributed by atoms with Gasteiger partial charge < -0.3 is 4.42 Å². The van der Waals surface area contributed by atoms with Gasteiger partial charge in [0.25, 0.3) is 5.69 Å². The average Bonchev–Trinajstić information content (AvgIpc) is 3.02. The van der Waals surface area contributed by atoms with Crippen LogP contribution in [-0.2, 0) is 0 Å². The molecule has 14 heteroatoms. The van der Waals surface area contributed by atoms with Crippen molar-refractivity contribution in [2.75, 3.05) is 0 Å². The second-order valence-electron chi connectivity index (χ2n) is 5.14. The maximum atomic E-state index is 13.0. The zero-order valence-corrected chi connectivity index (χ0v) is 13.9. The third-order valence-corrected chi connectivity index (χ3v) is 3.52. The van der Waals surface area contributed by atoms with E-state index in [1.54, 1.807) is 0 Å². The fourth-order valence-corrected chi connectivity index (χ4v) is 1.99. The van der Waals surface area contributed by atoms with Crippen LogP contribution in [-0.4, -0.2) is 29.3 Å². The molecule has 0 aliphatic heterocycles. The van der Waals surface area contributed by atoms with Crippen LogP contribution in [0.4, 0.5) is 36.4 Å². The number of nitrogens with one attached hydrogen (secondary N) is 1. The molecule has 1 aromatic heterocycles. The first-order valence-electron chi connectivity index (χ1n) is 6.93. The number of nitrogens with zero attached hydrogens (tertiary/aromatic N) is 2. The SMILES string of the molecule is O=[N+]([O-])c1cc(-c2ccc(/C=N\NC(F)(F)C(F)(F)C(F)(F)F)o2)ccc1Cl. The second kappa shape index (κ2) is 7.30. The molecule has 1 N–H and O–H groups in total. The Hall–Kier alpha value is -2.83. The Morgan fingerprint density at radius 3 is 2.32 bits per heavy atom. The summed E-state index contributed by atoms with van der Waals surface area (Å²) in [5, 5.41) is 13.3. The molecule has 152 valence electrons. The number of nitro groups is 1. The molecule has 0 spiro atoms. The van der Waals surface area contributed by atoms with E-state index in [0.29, 0.717) is 11.6 Å². The minimum Gasteiger partial charge on any atom is -0.455 e. The van der Waals surface area contributed by atoms with Crippen molar-refractivity contribution in [2.24, 2.45) is 5.10 Å². The van der Waals surface area contributed by atoms with Crippen LogP contribution in [0.2, 0.25) is 5.02 Å². The van der Waals surface area contributed by atoms with E-state index in [1.165, 1.54) is 18.2 Å². The van der Waals surface area contributed by atoms with E-state index in [2.05, 4.69) is 5.10 Å². The molecular formula is C14H7ClF7N3O3. The summed E-state index contributed by atoms with van der Waals surface area (Å²) in [4.78, 5) is 10.1. The van der Waals surface area contributed by atoms with E-state index in [1.807, 2.05) is 0 Å². The zero-order chi connectivity index (χ0) is 21.3. The molecule has 28 heavy (non-hydrogen) atoms. The maximum Gasteiger partial charge on any atom is 0.462 e. The predicted octanol–water partition coefficient (Wildman–Crippen LogP) is 5.22. The van der Waals surface area contributed by atoms with Crippen molar-refractivity contribution in [3.8, 4) is 11.3 Å². The molecule has 0 saturated carbocycles. The van der Waals surface area contributed by atoms with E-state index in [4.69, 9.17) is 16.0 Å². The summed E-state index contributed by atoms with van der Waals surface area (Å²) in [5.41, 5.74) is 0.156. The Morgan fingerprint density at radius 2 is 1.75 bits per heavy atom. The molecule has 0 aliphatic carbocycles. The molecule has 2 aromatic rings. The number of hydrogen-bond donors (Lipinski definition) is 1. The van der Waals surface area contributed by atoms with E-state index >= 15 is 0 Å². The first kappa shape index (κ1) is 21.5. The highest BCUT2D eigenvalue weighted by atomic mass is 35.5. The second-order valence-corrected chi connectivity index (χ2v) is 5.55. The minimum atomic E-state index is -6.50. The van der Waals surface area contributed by atoms with Crippen LogP contribution in [0.15, 0.2) is 39.9 Å². The largest absolute Gasteiger partial charge is 0.462 e. The van der Waals surface area contributed by atoms with Crippen molar-refractivity contribution in [1.82, 2.24) is 5.43 Å². The van der Waals surface area contributed by atoms with Crippen LogP contribution in [0.3, 0.4) is 0 Å². The Kier molecular flexibility index (Phi) is 5.59. The molecular weight excluding hydrogens is 427 g/mol. The molecule has 1 aromatic carbocycles. The highest BCUT2D eigenvalue weighted by Crippen LogP contribution is 2.45. The minimum absolute atomic E-state index is 0.00593. The summed E-state index contributed by atoms with van der Waals surface area (Å²) in [5.74, 6) is -6.69. The van der Waals surface area contributed by atoms with Gasteiger partial charge in [0.2, 0.25) is 0 Å². The van der Waals surface area contributed by atoms with Crippen molar-refractivity contribution in [3.05, 3.63) is 51.2 Å². The van der Waals surface area contributed by atoms with Gasteiger partial charge in [0.1, 0.15) is 16.5 Å². The van der Waals surface area contributed by atoms with Gasteiger partial charge in [0, 0.05) is 11.6 Å². The van der Waals surface area contributed by atoms with Crippen molar-refractivity contribution >= 4 is 23.5 Å². The highest BCUT2D eigenvalue weighted by molar-refractivity contribution is 6.32. The number of nitro benzene ring substituents is 1. The first-order valence-corrected chi connectivity index (χ1v) is 7.31. The zero-order valence-electron chi connectivity index (χ0n) is 13.1. The van der Waals surface area contributed by atoms with E-state index in [-0.39, 0.29) is 22.1 Å². The van der Waals surface area contributed by atoms with Gasteiger partial charge in [-0.05, 0) is 24.3 Å². The van der Waals surface area contributed by atoms with Crippen LogP contribution in [0.1, 0.15) is 5.76 Å². The topological polar surface area (TPSA) is 80.7 Å². The normalized spacial score (nSPS) is 13.1. The Balaban J connectivity index is 2.17. The number of hydrazone groups is 1. The molecule has 6 nitrogen and oxygen atoms in total. The summed E-state index contributed by atoms with van der Waals surface area (Å²) in [6.07, 6.45) is -6.08. The van der Waals surface area contributed by atoms with Crippen LogP contribution in [0.5, 0.6) is 0 Å². The molecule has 0 amide bonds. The van der Waals surface area contributed by atoms with Gasteiger partial charge in [-0.25, -0.2) is 5.43 Å². The molecule has 0 aliphatic rings. The lowest BCUT2D eigenvalue weighted by molar-refractivity contribution is -0.384. The molecule has 1 heterocycles. The summed E-state index contributed by atoms with van der Waals surface area (Å²) in [6, 6.07) is 0.224. The van der Waals surface area contributed by atoms with Gasteiger partial charge in [-0.2, -0.15) is 35.8 Å². The maximum absolute atomic E-state index is 13.0. The average molecular weight is 434 g/mol. The molecule has 0 radical (unpaired) electrons. The van der Waals surface area contributed by atoms with Gasteiger partial charge in [0.15, 0.2) is 0 Å². The molecule has 0 bridgehead atoms. The fraction of sp³-hybridized carbons (Fsp3) is 0.214. The fourth-order valence-electron chi connectivity index (χ4n) is 1.81. The number of alkyl halides is 7. The van der Waals surface area contributed by atoms with Crippen LogP contribution < -0.4 is 5.43 Å². The van der Waals surface area contributed by atoms with E-state index in [9.17, 15) is 40.8 Å². The van der Waals surface area contributed by atoms with Crippen LogP contribution >= 0.6 is 11.6 Å². The number of benzene rings is 1. The number of halogens is 8. The molecule has 0 atom stereocenters. The monoisotopic (exact) mass is 433 g/mol. The molecule has 0 saturated heterocycles. The molecule has 0 fully saturated rings. The van der Waals surface area contributed by atoms with E-state index in [0.717, 1.165) is 12.1 Å². The van der Waals surface area contributed by atoms with Crippen LogP contribution in [0.25, 0.3) is 11.3 Å². The Bertz CT molecular complexity index is 912. The quantitative estimate of drug-likeness (QED) is 0.223. The smallest absolute Gasteiger partial charge is 0.455 e. The number of hydrogen-bond acceptors (Lipinski definition) is 5.